The van der Waals surface area contributed by atoms with E-state index in [1.54, 1.807) is 29.7 Å². The highest BCUT2D eigenvalue weighted by Crippen LogP contribution is 2.25. The first-order valence-electron chi connectivity index (χ1n) is 5.78. The maximum atomic E-state index is 8.81. The summed E-state index contributed by atoms with van der Waals surface area (Å²) >= 11 is 7.47. The molecule has 3 aromatic rings. The van der Waals surface area contributed by atoms with Gasteiger partial charge in [0.25, 0.3) is 0 Å². The molecule has 1 aromatic carbocycles. The lowest BCUT2D eigenvalue weighted by atomic mass is 10.3. The van der Waals surface area contributed by atoms with Gasteiger partial charge in [0.1, 0.15) is 11.6 Å². The smallest absolute Gasteiger partial charge is 0.214 e. The molecule has 20 heavy (non-hydrogen) atoms. The molecule has 2 heterocycles. The van der Waals surface area contributed by atoms with Gasteiger partial charge in [-0.1, -0.05) is 11.6 Å². The highest BCUT2D eigenvalue weighted by atomic mass is 35.5. The number of hydrogen-bond donors (Lipinski definition) is 0. The van der Waals surface area contributed by atoms with Gasteiger partial charge in [0.05, 0.1) is 21.8 Å². The lowest BCUT2D eigenvalue weighted by Crippen LogP contribution is -1.96. The average Bonchev–Trinajstić information content (AvgIpc) is 2.87. The molecule has 0 amide bonds. The van der Waals surface area contributed by atoms with Crippen LogP contribution in [0.2, 0.25) is 5.02 Å². The number of hydrogen-bond acceptors (Lipinski definition) is 5. The number of nitrogens with zero attached hydrogens (tertiary/aromatic N) is 3. The van der Waals surface area contributed by atoms with Crippen LogP contribution in [0.3, 0.4) is 0 Å². The number of halogens is 1. The summed E-state index contributed by atoms with van der Waals surface area (Å²) in [6.45, 7) is 0.318. The van der Waals surface area contributed by atoms with Crippen molar-refractivity contribution in [3.63, 3.8) is 0 Å². The molecule has 0 fully saturated rings. The first kappa shape index (κ1) is 12.9. The summed E-state index contributed by atoms with van der Waals surface area (Å²) in [5.74, 6) is 0.418. The SMILES string of the molecule is N#Cc1ccnc(OCc2nc3cc(Cl)ccc3s2)c1. The molecule has 0 aliphatic rings. The molecule has 0 saturated heterocycles. The summed E-state index contributed by atoms with van der Waals surface area (Å²) in [7, 11) is 0. The van der Waals surface area contributed by atoms with Gasteiger partial charge in [-0.2, -0.15) is 5.26 Å². The summed E-state index contributed by atoms with van der Waals surface area (Å²) in [4.78, 5) is 8.50. The number of rotatable bonds is 3. The molecule has 0 aliphatic heterocycles. The van der Waals surface area contributed by atoms with Crippen molar-refractivity contribution in [1.29, 1.82) is 5.26 Å². The van der Waals surface area contributed by atoms with E-state index in [4.69, 9.17) is 21.6 Å². The fourth-order valence-electron chi connectivity index (χ4n) is 1.70. The third-order valence-corrected chi connectivity index (χ3v) is 3.85. The number of ether oxygens (including phenoxy) is 1. The van der Waals surface area contributed by atoms with Crippen LogP contribution in [0.15, 0.2) is 36.5 Å². The largest absolute Gasteiger partial charge is 0.470 e. The molecule has 6 heteroatoms. The Balaban J connectivity index is 1.78. The number of benzene rings is 1. The van der Waals surface area contributed by atoms with Crippen LogP contribution in [0.5, 0.6) is 5.88 Å². The minimum atomic E-state index is 0.318. The first-order chi connectivity index (χ1) is 9.74. The molecule has 0 spiro atoms. The Bertz CT molecular complexity index is 810. The van der Waals surface area contributed by atoms with Crippen molar-refractivity contribution in [2.75, 3.05) is 0 Å². The van der Waals surface area contributed by atoms with Crippen LogP contribution in [-0.2, 0) is 6.61 Å². The van der Waals surface area contributed by atoms with Crippen LogP contribution in [0.4, 0.5) is 0 Å². The molecule has 0 aliphatic carbocycles. The molecule has 0 unspecified atom stereocenters. The van der Waals surface area contributed by atoms with Gasteiger partial charge in [-0.05, 0) is 24.3 Å². The van der Waals surface area contributed by atoms with E-state index in [1.165, 1.54) is 0 Å². The molecular formula is C14H8ClN3OS. The maximum absolute atomic E-state index is 8.81. The van der Waals surface area contributed by atoms with E-state index in [1.807, 2.05) is 24.3 Å². The molecule has 0 bridgehead atoms. The second kappa shape index (κ2) is 5.45. The lowest BCUT2D eigenvalue weighted by Gasteiger charge is -2.02. The Hall–Kier alpha value is -2.16. The van der Waals surface area contributed by atoms with Crippen molar-refractivity contribution in [2.45, 2.75) is 6.61 Å². The standard InChI is InChI=1S/C14H8ClN3OS/c15-10-1-2-12-11(6-10)18-14(20-12)8-19-13-5-9(7-16)3-4-17-13/h1-6H,8H2. The molecule has 0 atom stereocenters. The van der Waals surface area contributed by atoms with Crippen LogP contribution < -0.4 is 4.74 Å². The fraction of sp³-hybridized carbons (Fsp3) is 0.0714. The van der Waals surface area contributed by atoms with E-state index in [0.29, 0.717) is 23.1 Å². The topological polar surface area (TPSA) is 58.8 Å². The van der Waals surface area contributed by atoms with Crippen LogP contribution in [0.25, 0.3) is 10.2 Å². The predicted molar refractivity (Wildman–Crippen MR) is 77.9 cm³/mol. The monoisotopic (exact) mass is 301 g/mol. The molecular weight excluding hydrogens is 294 g/mol. The first-order valence-corrected chi connectivity index (χ1v) is 6.98. The minimum absolute atomic E-state index is 0.318. The van der Waals surface area contributed by atoms with Crippen molar-refractivity contribution in [2.24, 2.45) is 0 Å². The van der Waals surface area contributed by atoms with Gasteiger partial charge in [-0.25, -0.2) is 9.97 Å². The normalized spacial score (nSPS) is 10.4. The van der Waals surface area contributed by atoms with Gasteiger partial charge in [0.15, 0.2) is 0 Å². The Labute approximate surface area is 124 Å². The zero-order chi connectivity index (χ0) is 13.9. The van der Waals surface area contributed by atoms with E-state index in [9.17, 15) is 0 Å². The average molecular weight is 302 g/mol. The molecule has 3 rings (SSSR count). The number of fused-ring (bicyclic) bond motifs is 1. The van der Waals surface area contributed by atoms with E-state index in [2.05, 4.69) is 9.97 Å². The van der Waals surface area contributed by atoms with Crippen LogP contribution in [0.1, 0.15) is 10.6 Å². The molecule has 2 aromatic heterocycles. The zero-order valence-corrected chi connectivity index (χ0v) is 11.8. The summed E-state index contributed by atoms with van der Waals surface area (Å²) < 4.78 is 6.61. The van der Waals surface area contributed by atoms with Crippen molar-refractivity contribution < 1.29 is 4.74 Å². The van der Waals surface area contributed by atoms with E-state index >= 15 is 0 Å². The molecule has 98 valence electrons. The number of aromatic nitrogens is 2. The Kier molecular flexibility index (Phi) is 3.50. The highest BCUT2D eigenvalue weighted by molar-refractivity contribution is 7.18. The van der Waals surface area contributed by atoms with Gasteiger partial charge in [0, 0.05) is 17.3 Å². The number of pyridine rings is 1. The Morgan fingerprint density at radius 3 is 3.05 bits per heavy atom. The van der Waals surface area contributed by atoms with E-state index in [-0.39, 0.29) is 0 Å². The summed E-state index contributed by atoms with van der Waals surface area (Å²) in [6, 6.07) is 10.9. The summed E-state index contributed by atoms with van der Waals surface area (Å²) in [6.07, 6.45) is 1.55. The Morgan fingerprint density at radius 2 is 2.20 bits per heavy atom. The van der Waals surface area contributed by atoms with Gasteiger partial charge in [0.2, 0.25) is 5.88 Å². The number of thiazole rings is 1. The molecule has 0 saturated carbocycles. The zero-order valence-electron chi connectivity index (χ0n) is 10.2. The summed E-state index contributed by atoms with van der Waals surface area (Å²) in [5, 5.41) is 10.3. The van der Waals surface area contributed by atoms with Crippen LogP contribution in [-0.4, -0.2) is 9.97 Å². The third kappa shape index (κ3) is 2.72. The maximum Gasteiger partial charge on any atom is 0.214 e. The van der Waals surface area contributed by atoms with Crippen molar-refractivity contribution in [3.8, 4) is 11.9 Å². The minimum Gasteiger partial charge on any atom is -0.470 e. The molecule has 0 radical (unpaired) electrons. The third-order valence-electron chi connectivity index (χ3n) is 2.60. The van der Waals surface area contributed by atoms with Crippen molar-refractivity contribution in [3.05, 3.63) is 52.1 Å². The second-order valence-electron chi connectivity index (χ2n) is 4.00. The van der Waals surface area contributed by atoms with Gasteiger partial charge in [-0.15, -0.1) is 11.3 Å². The molecule has 0 N–H and O–H groups in total. The van der Waals surface area contributed by atoms with Crippen LogP contribution in [0, 0.1) is 11.3 Å². The second-order valence-corrected chi connectivity index (χ2v) is 5.55. The van der Waals surface area contributed by atoms with Gasteiger partial charge >= 0.3 is 0 Å². The molecule has 4 nitrogen and oxygen atoms in total. The predicted octanol–water partition coefficient (Wildman–Crippen LogP) is 3.80. The van der Waals surface area contributed by atoms with E-state index in [0.717, 1.165) is 15.2 Å². The van der Waals surface area contributed by atoms with Gasteiger partial charge < -0.3 is 4.74 Å². The fourth-order valence-corrected chi connectivity index (χ4v) is 2.73. The highest BCUT2D eigenvalue weighted by Gasteiger charge is 2.06. The Morgan fingerprint density at radius 1 is 1.30 bits per heavy atom. The van der Waals surface area contributed by atoms with Crippen molar-refractivity contribution in [1.82, 2.24) is 9.97 Å². The van der Waals surface area contributed by atoms with Crippen molar-refractivity contribution >= 4 is 33.2 Å². The lowest BCUT2D eigenvalue weighted by molar-refractivity contribution is 0.293. The number of nitriles is 1. The quantitative estimate of drug-likeness (QED) is 0.738. The van der Waals surface area contributed by atoms with Gasteiger partial charge in [-0.3, -0.25) is 0 Å². The summed E-state index contributed by atoms with van der Waals surface area (Å²) in [5.41, 5.74) is 1.38. The van der Waals surface area contributed by atoms with E-state index < -0.39 is 0 Å². The van der Waals surface area contributed by atoms with Crippen LogP contribution >= 0.6 is 22.9 Å².